The number of likely N-dealkylation sites (N-methyl/N-ethyl adjacent to an activating group) is 1. The molecule has 0 saturated carbocycles. The van der Waals surface area contributed by atoms with Crippen molar-refractivity contribution in [1.29, 1.82) is 0 Å². The van der Waals surface area contributed by atoms with E-state index in [0.29, 0.717) is 17.7 Å². The van der Waals surface area contributed by atoms with Gasteiger partial charge in [-0.25, -0.2) is 0 Å². The summed E-state index contributed by atoms with van der Waals surface area (Å²) in [6.07, 6.45) is 2.84. The standard InChI is InChI=1S/C25H31NO3.ClH/c1-4-7-11-23-24(21-10-8-9-12-22(21)29-23)25(27)19-13-15-20(16-14-19)28-18-17-26(5-2)6-3;/h8-10,12-16H,4-7,11,17-18H2,1-3H3;1H. The maximum Gasteiger partial charge on any atom is 0.197 e. The van der Waals surface area contributed by atoms with Crippen LogP contribution < -0.4 is 22.0 Å². The molecule has 0 spiro atoms. The molecule has 1 heterocycles. The van der Waals surface area contributed by atoms with E-state index in [2.05, 4.69) is 20.8 Å². The fourth-order valence-corrected chi connectivity index (χ4v) is 3.62. The molecule has 0 aliphatic carbocycles. The number of hydrogen-bond acceptors (Lipinski definition) is 3. The lowest BCUT2D eigenvalue weighted by molar-refractivity contribution is -0.896. The number of unbranched alkanes of at least 4 members (excludes halogenated alkanes) is 1. The quantitative estimate of drug-likeness (QED) is 0.467. The van der Waals surface area contributed by atoms with Crippen molar-refractivity contribution < 1.29 is 31.3 Å². The van der Waals surface area contributed by atoms with Crippen LogP contribution in [0.25, 0.3) is 11.0 Å². The van der Waals surface area contributed by atoms with Crippen LogP contribution in [0.1, 0.15) is 55.3 Å². The molecule has 0 aliphatic rings. The number of rotatable bonds is 11. The van der Waals surface area contributed by atoms with Crippen molar-refractivity contribution in [3.63, 3.8) is 0 Å². The number of benzene rings is 2. The predicted octanol–water partition coefficient (Wildman–Crippen LogP) is 1.31. The average Bonchev–Trinajstić information content (AvgIpc) is 3.13. The molecule has 0 atom stereocenters. The molecule has 0 unspecified atom stereocenters. The molecule has 0 aliphatic heterocycles. The number of aryl methyl sites for hydroxylation is 1. The average molecular weight is 430 g/mol. The number of fused-ring (bicyclic) bond motifs is 1. The summed E-state index contributed by atoms with van der Waals surface area (Å²) in [6.45, 7) is 10.4. The first-order valence-corrected chi connectivity index (χ1v) is 10.8. The summed E-state index contributed by atoms with van der Waals surface area (Å²) in [5.41, 5.74) is 2.14. The number of ether oxygens (including phenoxy) is 1. The van der Waals surface area contributed by atoms with Crippen molar-refractivity contribution in [3.8, 4) is 5.75 Å². The zero-order valence-corrected chi connectivity index (χ0v) is 18.9. The molecule has 3 rings (SSSR count). The third-order valence-corrected chi connectivity index (χ3v) is 5.49. The molecular formula is C25H32ClNO3. The maximum atomic E-state index is 13.3. The summed E-state index contributed by atoms with van der Waals surface area (Å²) in [5, 5.41) is 0.895. The van der Waals surface area contributed by atoms with Crippen molar-refractivity contribution in [2.45, 2.75) is 40.0 Å². The third-order valence-electron chi connectivity index (χ3n) is 5.49. The Balaban J connectivity index is 0.00000320. The number of quaternary nitrogens is 1. The maximum absolute atomic E-state index is 13.3. The fraction of sp³-hybridized carbons (Fsp3) is 0.400. The Kier molecular flexibility index (Phi) is 9.41. The van der Waals surface area contributed by atoms with Crippen LogP contribution in [0.15, 0.2) is 52.9 Å². The van der Waals surface area contributed by atoms with Crippen LogP contribution in [-0.2, 0) is 6.42 Å². The van der Waals surface area contributed by atoms with Gasteiger partial charge in [0.2, 0.25) is 0 Å². The van der Waals surface area contributed by atoms with Gasteiger partial charge in [0, 0.05) is 17.4 Å². The van der Waals surface area contributed by atoms with Crippen LogP contribution in [0.4, 0.5) is 0 Å². The predicted molar refractivity (Wildman–Crippen MR) is 117 cm³/mol. The molecule has 0 radical (unpaired) electrons. The van der Waals surface area contributed by atoms with Gasteiger partial charge in [-0.15, -0.1) is 0 Å². The molecule has 0 bridgehead atoms. The van der Waals surface area contributed by atoms with Gasteiger partial charge in [0.05, 0.1) is 18.7 Å². The number of carbonyl (C=O) groups excluding carboxylic acids is 1. The number of carbonyl (C=O) groups is 1. The van der Waals surface area contributed by atoms with Crippen molar-refractivity contribution in [2.75, 3.05) is 26.2 Å². The second-order valence-corrected chi connectivity index (χ2v) is 7.41. The van der Waals surface area contributed by atoms with E-state index >= 15 is 0 Å². The van der Waals surface area contributed by atoms with Crippen LogP contribution in [-0.4, -0.2) is 32.0 Å². The van der Waals surface area contributed by atoms with E-state index in [9.17, 15) is 4.79 Å². The Labute approximate surface area is 185 Å². The highest BCUT2D eigenvalue weighted by atomic mass is 35.5. The monoisotopic (exact) mass is 429 g/mol. The normalized spacial score (nSPS) is 10.9. The highest BCUT2D eigenvalue weighted by Crippen LogP contribution is 2.29. The second-order valence-electron chi connectivity index (χ2n) is 7.41. The Hall–Kier alpha value is -2.30. The molecule has 1 N–H and O–H groups in total. The van der Waals surface area contributed by atoms with Crippen LogP contribution in [0.3, 0.4) is 0 Å². The van der Waals surface area contributed by atoms with Crippen molar-refractivity contribution in [3.05, 3.63) is 65.4 Å². The van der Waals surface area contributed by atoms with Gasteiger partial charge < -0.3 is 26.5 Å². The van der Waals surface area contributed by atoms with E-state index in [1.165, 1.54) is 4.90 Å². The van der Waals surface area contributed by atoms with Crippen LogP contribution in [0, 0.1) is 0 Å². The number of para-hydroxylation sites is 1. The Morgan fingerprint density at radius 1 is 1.00 bits per heavy atom. The number of nitrogens with one attached hydrogen (secondary N) is 1. The molecular weight excluding hydrogens is 398 g/mol. The van der Waals surface area contributed by atoms with Gasteiger partial charge in [-0.2, -0.15) is 0 Å². The van der Waals surface area contributed by atoms with E-state index in [-0.39, 0.29) is 18.2 Å². The summed E-state index contributed by atoms with van der Waals surface area (Å²) < 4.78 is 11.9. The highest BCUT2D eigenvalue weighted by Gasteiger charge is 2.21. The Morgan fingerprint density at radius 2 is 1.70 bits per heavy atom. The summed E-state index contributed by atoms with van der Waals surface area (Å²) in [6, 6.07) is 15.3. The van der Waals surface area contributed by atoms with Gasteiger partial charge in [0.15, 0.2) is 5.78 Å². The minimum absolute atomic E-state index is 0. The zero-order chi connectivity index (χ0) is 20.6. The minimum Gasteiger partial charge on any atom is -1.00 e. The summed E-state index contributed by atoms with van der Waals surface area (Å²) in [7, 11) is 0. The van der Waals surface area contributed by atoms with Gasteiger partial charge >= 0.3 is 0 Å². The molecule has 0 saturated heterocycles. The summed E-state index contributed by atoms with van der Waals surface area (Å²) >= 11 is 0. The molecule has 30 heavy (non-hydrogen) atoms. The first-order valence-electron chi connectivity index (χ1n) is 10.8. The topological polar surface area (TPSA) is 43.9 Å². The molecule has 2 aromatic carbocycles. The van der Waals surface area contributed by atoms with Gasteiger partial charge in [0.25, 0.3) is 0 Å². The third kappa shape index (κ3) is 5.65. The SMILES string of the molecule is CCCCc1oc2ccccc2c1C(=O)c1ccc(OCC[NH+](CC)CC)cc1.[Cl-]. The van der Waals surface area contributed by atoms with Crippen LogP contribution in [0.2, 0.25) is 0 Å². The number of ketones is 1. The van der Waals surface area contributed by atoms with Crippen molar-refractivity contribution in [2.24, 2.45) is 0 Å². The lowest BCUT2D eigenvalue weighted by atomic mass is 9.98. The molecule has 162 valence electrons. The first kappa shape index (κ1) is 24.0. The number of halogens is 1. The van der Waals surface area contributed by atoms with E-state index < -0.39 is 0 Å². The van der Waals surface area contributed by atoms with E-state index in [1.807, 2.05) is 48.5 Å². The molecule has 0 amide bonds. The highest BCUT2D eigenvalue weighted by molar-refractivity contribution is 6.16. The number of hydrogen-bond donors (Lipinski definition) is 1. The molecule has 0 fully saturated rings. The lowest BCUT2D eigenvalue weighted by Crippen LogP contribution is -3.12. The lowest BCUT2D eigenvalue weighted by Gasteiger charge is -2.15. The smallest absolute Gasteiger partial charge is 0.197 e. The minimum atomic E-state index is 0. The van der Waals surface area contributed by atoms with Gasteiger partial charge in [-0.1, -0.05) is 31.5 Å². The number of furan rings is 1. The van der Waals surface area contributed by atoms with E-state index in [0.717, 1.165) is 61.4 Å². The summed E-state index contributed by atoms with van der Waals surface area (Å²) in [4.78, 5) is 14.8. The Morgan fingerprint density at radius 3 is 2.37 bits per heavy atom. The summed E-state index contributed by atoms with van der Waals surface area (Å²) in [5.74, 6) is 1.61. The second kappa shape index (κ2) is 11.8. The van der Waals surface area contributed by atoms with Crippen molar-refractivity contribution >= 4 is 16.8 Å². The Bertz CT molecular complexity index is 929. The molecule has 3 aromatic rings. The van der Waals surface area contributed by atoms with Gasteiger partial charge in [-0.3, -0.25) is 4.79 Å². The zero-order valence-electron chi connectivity index (χ0n) is 18.2. The van der Waals surface area contributed by atoms with Crippen LogP contribution >= 0.6 is 0 Å². The van der Waals surface area contributed by atoms with E-state index in [4.69, 9.17) is 9.15 Å². The molecule has 4 nitrogen and oxygen atoms in total. The first-order chi connectivity index (χ1) is 14.2. The largest absolute Gasteiger partial charge is 1.00 e. The fourth-order valence-electron chi connectivity index (χ4n) is 3.62. The van der Waals surface area contributed by atoms with Crippen molar-refractivity contribution in [1.82, 2.24) is 0 Å². The van der Waals surface area contributed by atoms with E-state index in [1.54, 1.807) is 0 Å². The molecule has 5 heteroatoms. The van der Waals surface area contributed by atoms with Crippen LogP contribution in [0.5, 0.6) is 5.75 Å². The van der Waals surface area contributed by atoms with Gasteiger partial charge in [0.1, 0.15) is 30.2 Å². The molecule has 1 aromatic heterocycles. The van der Waals surface area contributed by atoms with Gasteiger partial charge in [-0.05, 0) is 50.6 Å².